The van der Waals surface area contributed by atoms with Crippen molar-refractivity contribution in [2.45, 2.75) is 42.8 Å². The van der Waals surface area contributed by atoms with Gasteiger partial charge in [-0.3, -0.25) is 9.67 Å². The molecule has 1 fully saturated rings. The van der Waals surface area contributed by atoms with Crippen LogP contribution in [-0.4, -0.2) is 40.6 Å². The van der Waals surface area contributed by atoms with Gasteiger partial charge in [-0.15, -0.1) is 35.7 Å². The molecule has 1 aliphatic rings. The predicted molar refractivity (Wildman–Crippen MR) is 125 cm³/mol. The van der Waals surface area contributed by atoms with Crippen molar-refractivity contribution >= 4 is 41.7 Å². The van der Waals surface area contributed by atoms with E-state index >= 15 is 0 Å². The van der Waals surface area contributed by atoms with Crippen LogP contribution in [0.5, 0.6) is 0 Å². The number of aryl methyl sites for hydroxylation is 2. The van der Waals surface area contributed by atoms with Crippen LogP contribution in [0.2, 0.25) is 0 Å². The lowest BCUT2D eigenvalue weighted by molar-refractivity contribution is 0.728. The van der Waals surface area contributed by atoms with Gasteiger partial charge in [0.25, 0.3) is 0 Å². The smallest absolute Gasteiger partial charge is 0.191 e. The summed E-state index contributed by atoms with van der Waals surface area (Å²) in [6.45, 7) is 6.00. The van der Waals surface area contributed by atoms with Crippen LogP contribution >= 0.6 is 35.7 Å². The largest absolute Gasteiger partial charge is 0.356 e. The Hall–Kier alpha value is -1.22. The van der Waals surface area contributed by atoms with Crippen LogP contribution < -0.4 is 10.6 Å². The van der Waals surface area contributed by atoms with Gasteiger partial charge in [0.05, 0.1) is 5.69 Å². The standard InChI is InChI=1S/C20H29N5S.HI/c1-15-18(16(2)25(4)24-15)10-13-22-19(21-3)23-14-20(11-12-20)26-17-8-6-5-7-9-17;/h5-9H,10-14H2,1-4H3,(H2,21,22,23);1H. The fourth-order valence-corrected chi connectivity index (χ4v) is 4.39. The third-order valence-electron chi connectivity index (χ3n) is 5.01. The maximum absolute atomic E-state index is 4.49. The normalized spacial score (nSPS) is 15.2. The maximum Gasteiger partial charge on any atom is 0.191 e. The number of aromatic nitrogens is 2. The number of rotatable bonds is 7. The summed E-state index contributed by atoms with van der Waals surface area (Å²) in [5, 5.41) is 11.4. The van der Waals surface area contributed by atoms with Crippen LogP contribution in [0.15, 0.2) is 40.2 Å². The quantitative estimate of drug-likeness (QED) is 0.347. The number of benzene rings is 1. The molecule has 1 aliphatic carbocycles. The van der Waals surface area contributed by atoms with Crippen molar-refractivity contribution in [3.8, 4) is 0 Å². The van der Waals surface area contributed by atoms with E-state index in [1.165, 1.54) is 29.0 Å². The lowest BCUT2D eigenvalue weighted by Gasteiger charge is -2.18. The average Bonchev–Trinajstić information content (AvgIpc) is 3.35. The third kappa shape index (κ3) is 5.88. The molecule has 5 nitrogen and oxygen atoms in total. The molecule has 0 bridgehead atoms. The lowest BCUT2D eigenvalue weighted by atomic mass is 10.1. The minimum absolute atomic E-state index is 0. The molecule has 0 amide bonds. The Morgan fingerprint density at radius 1 is 1.22 bits per heavy atom. The van der Waals surface area contributed by atoms with Gasteiger partial charge in [0, 0.05) is 42.5 Å². The zero-order chi connectivity index (χ0) is 18.6. The minimum Gasteiger partial charge on any atom is -0.356 e. The van der Waals surface area contributed by atoms with E-state index in [4.69, 9.17) is 0 Å². The number of nitrogens with one attached hydrogen (secondary N) is 2. The summed E-state index contributed by atoms with van der Waals surface area (Å²) in [6.07, 6.45) is 3.46. The number of aliphatic imine (C=N–C) groups is 1. The van der Waals surface area contributed by atoms with Crippen molar-refractivity contribution in [2.24, 2.45) is 12.0 Å². The van der Waals surface area contributed by atoms with Gasteiger partial charge in [0.15, 0.2) is 5.96 Å². The molecule has 148 valence electrons. The molecule has 1 saturated carbocycles. The summed E-state index contributed by atoms with van der Waals surface area (Å²) in [7, 11) is 3.83. The van der Waals surface area contributed by atoms with Gasteiger partial charge >= 0.3 is 0 Å². The predicted octanol–water partition coefficient (Wildman–Crippen LogP) is 3.69. The molecule has 0 spiro atoms. The van der Waals surface area contributed by atoms with Crippen LogP contribution in [0.3, 0.4) is 0 Å². The monoisotopic (exact) mass is 499 g/mol. The SMILES string of the molecule is CN=C(NCCc1c(C)nn(C)c1C)NCC1(Sc2ccccc2)CC1.I. The summed E-state index contributed by atoms with van der Waals surface area (Å²) < 4.78 is 2.27. The fraction of sp³-hybridized carbons (Fsp3) is 0.500. The van der Waals surface area contributed by atoms with E-state index < -0.39 is 0 Å². The highest BCUT2D eigenvalue weighted by Gasteiger charge is 2.43. The molecule has 2 aromatic rings. The first-order valence-electron chi connectivity index (χ1n) is 9.21. The number of thioether (sulfide) groups is 1. The molecule has 0 radical (unpaired) electrons. The van der Waals surface area contributed by atoms with Crippen molar-refractivity contribution in [1.29, 1.82) is 0 Å². The molecule has 0 saturated heterocycles. The first-order chi connectivity index (χ1) is 12.5. The zero-order valence-corrected chi connectivity index (χ0v) is 19.7. The Kier molecular flexibility index (Phi) is 8.03. The molecule has 1 heterocycles. The fourth-order valence-electron chi connectivity index (χ4n) is 3.14. The Balaban J connectivity index is 0.00000261. The summed E-state index contributed by atoms with van der Waals surface area (Å²) in [5.74, 6) is 0.879. The van der Waals surface area contributed by atoms with Gasteiger partial charge in [0.1, 0.15) is 0 Å². The molecule has 0 atom stereocenters. The maximum atomic E-state index is 4.49. The van der Waals surface area contributed by atoms with Gasteiger partial charge in [-0.1, -0.05) is 18.2 Å². The second-order valence-electron chi connectivity index (χ2n) is 6.97. The third-order valence-corrected chi connectivity index (χ3v) is 6.51. The van der Waals surface area contributed by atoms with Crippen molar-refractivity contribution in [1.82, 2.24) is 20.4 Å². The highest BCUT2D eigenvalue weighted by molar-refractivity contribution is 14.0. The Morgan fingerprint density at radius 3 is 2.48 bits per heavy atom. The highest BCUT2D eigenvalue weighted by Crippen LogP contribution is 2.51. The first-order valence-corrected chi connectivity index (χ1v) is 10.0. The molecule has 0 unspecified atom stereocenters. The van der Waals surface area contributed by atoms with Crippen molar-refractivity contribution in [2.75, 3.05) is 20.1 Å². The molecule has 1 aromatic heterocycles. The second kappa shape index (κ2) is 9.82. The van der Waals surface area contributed by atoms with Gasteiger partial charge < -0.3 is 10.6 Å². The Bertz CT molecular complexity index is 768. The van der Waals surface area contributed by atoms with Crippen molar-refractivity contribution in [3.05, 3.63) is 47.3 Å². The molecule has 1 aromatic carbocycles. The molecule has 27 heavy (non-hydrogen) atoms. The molecule has 0 aliphatic heterocycles. The van der Waals surface area contributed by atoms with E-state index in [1.807, 2.05) is 30.5 Å². The summed E-state index contributed by atoms with van der Waals surface area (Å²) >= 11 is 1.98. The van der Waals surface area contributed by atoms with Gasteiger partial charge in [-0.25, -0.2) is 0 Å². The van der Waals surface area contributed by atoms with Crippen LogP contribution in [-0.2, 0) is 13.5 Å². The van der Waals surface area contributed by atoms with Gasteiger partial charge in [-0.05, 0) is 50.8 Å². The number of hydrogen-bond acceptors (Lipinski definition) is 3. The highest BCUT2D eigenvalue weighted by atomic mass is 127. The molecule has 3 rings (SSSR count). The Labute approximate surface area is 183 Å². The summed E-state index contributed by atoms with van der Waals surface area (Å²) in [5.41, 5.74) is 3.68. The summed E-state index contributed by atoms with van der Waals surface area (Å²) in [4.78, 5) is 5.72. The van der Waals surface area contributed by atoms with E-state index in [0.717, 1.165) is 31.2 Å². The topological polar surface area (TPSA) is 54.2 Å². The van der Waals surface area contributed by atoms with E-state index in [0.29, 0.717) is 4.75 Å². The summed E-state index contributed by atoms with van der Waals surface area (Å²) in [6, 6.07) is 10.7. The van der Waals surface area contributed by atoms with E-state index in [2.05, 4.69) is 64.9 Å². The number of halogens is 1. The molecular formula is C20H30IN5S. The van der Waals surface area contributed by atoms with E-state index in [1.54, 1.807) is 0 Å². The molecule has 7 heteroatoms. The molecular weight excluding hydrogens is 469 g/mol. The second-order valence-corrected chi connectivity index (χ2v) is 8.52. The van der Waals surface area contributed by atoms with Gasteiger partial charge in [0.2, 0.25) is 0 Å². The first kappa shape index (κ1) is 22.1. The van der Waals surface area contributed by atoms with Crippen LogP contribution in [0.4, 0.5) is 0 Å². The van der Waals surface area contributed by atoms with Gasteiger partial charge in [-0.2, -0.15) is 5.10 Å². The van der Waals surface area contributed by atoms with Crippen molar-refractivity contribution < 1.29 is 0 Å². The van der Waals surface area contributed by atoms with Crippen molar-refractivity contribution in [3.63, 3.8) is 0 Å². The number of nitrogens with zero attached hydrogens (tertiary/aromatic N) is 3. The lowest BCUT2D eigenvalue weighted by Crippen LogP contribution is -2.41. The van der Waals surface area contributed by atoms with Crippen LogP contribution in [0.1, 0.15) is 29.8 Å². The number of guanidine groups is 1. The van der Waals surface area contributed by atoms with Crippen LogP contribution in [0.25, 0.3) is 0 Å². The van der Waals surface area contributed by atoms with Crippen LogP contribution in [0, 0.1) is 13.8 Å². The zero-order valence-electron chi connectivity index (χ0n) is 16.6. The number of hydrogen-bond donors (Lipinski definition) is 2. The average molecular weight is 499 g/mol. The minimum atomic E-state index is 0. The Morgan fingerprint density at radius 2 is 1.93 bits per heavy atom. The van der Waals surface area contributed by atoms with E-state index in [-0.39, 0.29) is 24.0 Å². The molecule has 2 N–H and O–H groups in total. The van der Waals surface area contributed by atoms with E-state index in [9.17, 15) is 0 Å².